The number of guanidine groups is 1. The Morgan fingerprint density at radius 2 is 2.28 bits per heavy atom. The molecule has 0 saturated heterocycles. The van der Waals surface area contributed by atoms with Crippen LogP contribution >= 0.6 is 11.3 Å². The van der Waals surface area contributed by atoms with E-state index >= 15 is 0 Å². The molecule has 0 fully saturated rings. The lowest BCUT2D eigenvalue weighted by Crippen LogP contribution is -2.33. The first-order valence-corrected chi connectivity index (χ1v) is 7.55. The van der Waals surface area contributed by atoms with Gasteiger partial charge in [0.2, 0.25) is 0 Å². The lowest BCUT2D eigenvalue weighted by atomic mass is 10.2. The molecule has 0 radical (unpaired) electrons. The van der Waals surface area contributed by atoms with Crippen molar-refractivity contribution in [1.29, 1.82) is 0 Å². The summed E-state index contributed by atoms with van der Waals surface area (Å²) in [6.07, 6.45) is 5.81. The zero-order valence-electron chi connectivity index (χ0n) is 11.4. The van der Waals surface area contributed by atoms with Crippen molar-refractivity contribution in [2.45, 2.75) is 46.0 Å². The number of thiazole rings is 1. The van der Waals surface area contributed by atoms with Crippen LogP contribution in [0.5, 0.6) is 0 Å². The molecule has 1 aromatic rings. The number of aryl methyl sites for hydroxylation is 1. The van der Waals surface area contributed by atoms with E-state index in [0.29, 0.717) is 5.96 Å². The Hall–Kier alpha value is -1.10. The van der Waals surface area contributed by atoms with Crippen LogP contribution in [0.25, 0.3) is 0 Å². The summed E-state index contributed by atoms with van der Waals surface area (Å²) in [5, 5.41) is 6.33. The lowest BCUT2D eigenvalue weighted by molar-refractivity contribution is 0.673. The van der Waals surface area contributed by atoms with Crippen LogP contribution in [0, 0.1) is 6.92 Å². The summed E-state index contributed by atoms with van der Waals surface area (Å²) in [4.78, 5) is 8.70. The van der Waals surface area contributed by atoms with Crippen LogP contribution in [-0.4, -0.2) is 24.0 Å². The number of nitrogens with two attached hydrogens (primary N) is 1. The Balaban J connectivity index is 2.08. The molecular weight excluding hydrogens is 244 g/mol. The van der Waals surface area contributed by atoms with Crippen LogP contribution in [0.1, 0.15) is 43.3 Å². The molecule has 0 aromatic carbocycles. The van der Waals surface area contributed by atoms with Crippen LogP contribution in [0.3, 0.4) is 0 Å². The lowest BCUT2D eigenvalue weighted by Gasteiger charge is -2.04. The van der Waals surface area contributed by atoms with Crippen LogP contribution in [0.4, 0.5) is 0 Å². The fourth-order valence-corrected chi connectivity index (χ4v) is 2.28. The van der Waals surface area contributed by atoms with E-state index in [2.05, 4.69) is 27.6 Å². The van der Waals surface area contributed by atoms with E-state index in [4.69, 9.17) is 5.73 Å². The Kier molecular flexibility index (Phi) is 7.41. The second-order valence-electron chi connectivity index (χ2n) is 4.36. The average Bonchev–Trinajstić information content (AvgIpc) is 2.75. The molecule has 0 amide bonds. The topological polar surface area (TPSA) is 63.3 Å². The Labute approximate surface area is 114 Å². The first kappa shape index (κ1) is 15.0. The first-order chi connectivity index (χ1) is 8.72. The molecule has 0 aliphatic carbocycles. The van der Waals surface area contributed by atoms with Gasteiger partial charge in [-0.3, -0.25) is 4.99 Å². The second-order valence-corrected chi connectivity index (χ2v) is 5.42. The van der Waals surface area contributed by atoms with Gasteiger partial charge >= 0.3 is 0 Å². The second kappa shape index (κ2) is 8.91. The van der Waals surface area contributed by atoms with Crippen LogP contribution in [0.15, 0.2) is 10.4 Å². The number of aliphatic imine (C=N–C) groups is 1. The smallest absolute Gasteiger partial charge is 0.188 e. The summed E-state index contributed by atoms with van der Waals surface area (Å²) >= 11 is 1.68. The standard InChI is InChI=1S/C13H24N4S/c1-3-4-5-6-8-15-13(14)16-9-7-12-10-18-11(2)17-12/h10H,3-9H2,1-2H3,(H3,14,15,16). The number of aromatic nitrogens is 1. The Morgan fingerprint density at radius 1 is 1.44 bits per heavy atom. The van der Waals surface area contributed by atoms with Crippen molar-refractivity contribution >= 4 is 17.3 Å². The van der Waals surface area contributed by atoms with Crippen molar-refractivity contribution in [3.63, 3.8) is 0 Å². The van der Waals surface area contributed by atoms with Gasteiger partial charge in [-0.2, -0.15) is 0 Å². The normalized spacial score (nSPS) is 11.8. The molecule has 102 valence electrons. The number of nitrogens with one attached hydrogen (secondary N) is 1. The van der Waals surface area contributed by atoms with E-state index < -0.39 is 0 Å². The molecule has 18 heavy (non-hydrogen) atoms. The molecule has 0 unspecified atom stereocenters. The van der Waals surface area contributed by atoms with Crippen molar-refractivity contribution < 1.29 is 0 Å². The molecule has 0 atom stereocenters. The van der Waals surface area contributed by atoms with E-state index in [1.807, 2.05) is 6.92 Å². The minimum atomic E-state index is 0.554. The van der Waals surface area contributed by atoms with Gasteiger partial charge in [-0.25, -0.2) is 4.98 Å². The Bertz CT molecular complexity index is 360. The molecule has 0 bridgehead atoms. The fraction of sp³-hybridized carbons (Fsp3) is 0.692. The average molecular weight is 268 g/mol. The minimum Gasteiger partial charge on any atom is -0.370 e. The predicted molar refractivity (Wildman–Crippen MR) is 79.2 cm³/mol. The fourth-order valence-electron chi connectivity index (χ4n) is 1.64. The molecule has 3 N–H and O–H groups in total. The third-order valence-corrected chi connectivity index (χ3v) is 3.47. The zero-order chi connectivity index (χ0) is 13.2. The maximum Gasteiger partial charge on any atom is 0.188 e. The molecule has 1 rings (SSSR count). The highest BCUT2D eigenvalue weighted by molar-refractivity contribution is 7.09. The number of hydrogen-bond acceptors (Lipinski definition) is 3. The summed E-state index contributed by atoms with van der Waals surface area (Å²) in [5.74, 6) is 0.554. The van der Waals surface area contributed by atoms with Gasteiger partial charge in [-0.05, 0) is 13.3 Å². The zero-order valence-corrected chi connectivity index (χ0v) is 12.2. The van der Waals surface area contributed by atoms with Crippen LogP contribution in [0.2, 0.25) is 0 Å². The summed E-state index contributed by atoms with van der Waals surface area (Å²) < 4.78 is 0. The molecular formula is C13H24N4S. The molecule has 1 heterocycles. The van der Waals surface area contributed by atoms with E-state index in [9.17, 15) is 0 Å². The largest absolute Gasteiger partial charge is 0.370 e. The molecule has 1 aromatic heterocycles. The number of unbranched alkanes of at least 4 members (excludes halogenated alkanes) is 3. The highest BCUT2D eigenvalue weighted by atomic mass is 32.1. The summed E-state index contributed by atoms with van der Waals surface area (Å²) in [6, 6.07) is 0. The number of nitrogens with zero attached hydrogens (tertiary/aromatic N) is 2. The third kappa shape index (κ3) is 6.59. The minimum absolute atomic E-state index is 0.554. The summed E-state index contributed by atoms with van der Waals surface area (Å²) in [5.41, 5.74) is 6.90. The summed E-state index contributed by atoms with van der Waals surface area (Å²) in [6.45, 7) is 5.86. The van der Waals surface area contributed by atoms with Gasteiger partial charge in [0, 0.05) is 24.9 Å². The monoisotopic (exact) mass is 268 g/mol. The van der Waals surface area contributed by atoms with Gasteiger partial charge in [-0.1, -0.05) is 26.2 Å². The molecule has 0 saturated carbocycles. The van der Waals surface area contributed by atoms with Crippen molar-refractivity contribution in [2.75, 3.05) is 13.1 Å². The van der Waals surface area contributed by atoms with Crippen molar-refractivity contribution in [2.24, 2.45) is 10.7 Å². The van der Waals surface area contributed by atoms with Gasteiger partial charge in [0.1, 0.15) is 0 Å². The molecule has 0 aliphatic heterocycles. The molecule has 5 heteroatoms. The van der Waals surface area contributed by atoms with Crippen molar-refractivity contribution in [3.05, 3.63) is 16.1 Å². The molecule has 4 nitrogen and oxygen atoms in total. The van der Waals surface area contributed by atoms with E-state index in [1.165, 1.54) is 19.3 Å². The van der Waals surface area contributed by atoms with E-state index in [0.717, 1.165) is 36.6 Å². The molecule has 0 aliphatic rings. The van der Waals surface area contributed by atoms with Gasteiger partial charge in [0.25, 0.3) is 0 Å². The summed E-state index contributed by atoms with van der Waals surface area (Å²) in [7, 11) is 0. The van der Waals surface area contributed by atoms with E-state index in [-0.39, 0.29) is 0 Å². The maximum atomic E-state index is 5.78. The number of hydrogen-bond donors (Lipinski definition) is 2. The van der Waals surface area contributed by atoms with Gasteiger partial charge in [0.15, 0.2) is 5.96 Å². The highest BCUT2D eigenvalue weighted by Gasteiger charge is 1.98. The first-order valence-electron chi connectivity index (χ1n) is 6.67. The van der Waals surface area contributed by atoms with E-state index in [1.54, 1.807) is 11.3 Å². The maximum absolute atomic E-state index is 5.78. The SMILES string of the molecule is CCCCCCN=C(N)NCCc1csc(C)n1. The van der Waals surface area contributed by atoms with Gasteiger partial charge in [0.05, 0.1) is 10.7 Å². The van der Waals surface area contributed by atoms with Crippen LogP contribution in [-0.2, 0) is 6.42 Å². The van der Waals surface area contributed by atoms with Crippen molar-refractivity contribution in [1.82, 2.24) is 10.3 Å². The Morgan fingerprint density at radius 3 is 2.94 bits per heavy atom. The molecule has 0 spiro atoms. The van der Waals surface area contributed by atoms with Crippen molar-refractivity contribution in [3.8, 4) is 0 Å². The predicted octanol–water partition coefficient (Wildman–Crippen LogP) is 2.48. The van der Waals surface area contributed by atoms with Gasteiger partial charge in [-0.15, -0.1) is 11.3 Å². The highest BCUT2D eigenvalue weighted by Crippen LogP contribution is 2.07. The number of rotatable bonds is 8. The van der Waals surface area contributed by atoms with Gasteiger partial charge < -0.3 is 11.1 Å². The quantitative estimate of drug-likeness (QED) is 0.432. The van der Waals surface area contributed by atoms with Crippen LogP contribution < -0.4 is 11.1 Å². The third-order valence-electron chi connectivity index (χ3n) is 2.65.